The standard InChI is InChI=1S/C17H20ClFN2O.ClH/c1-20-11-16(22)17(12-4-3-5-14(19)10-12)21(2)15-8-6-13(18)7-9-15;/h3-10,16-17,20,22H,11H2,1-2H3;1H. The Kier molecular flexibility index (Phi) is 7.79. The number of nitrogens with one attached hydrogen (secondary N) is 1. The van der Waals surface area contributed by atoms with Crippen molar-refractivity contribution in [1.29, 1.82) is 0 Å². The molecule has 0 aliphatic heterocycles. The van der Waals surface area contributed by atoms with Gasteiger partial charge in [-0.15, -0.1) is 12.4 Å². The van der Waals surface area contributed by atoms with Crippen LogP contribution >= 0.6 is 24.0 Å². The first-order valence-corrected chi connectivity index (χ1v) is 7.47. The number of benzene rings is 2. The Morgan fingerprint density at radius 3 is 2.43 bits per heavy atom. The molecule has 0 fully saturated rings. The molecular weight excluding hydrogens is 338 g/mol. The Morgan fingerprint density at radius 2 is 1.87 bits per heavy atom. The summed E-state index contributed by atoms with van der Waals surface area (Å²) in [5.74, 6) is -0.316. The van der Waals surface area contributed by atoms with E-state index in [9.17, 15) is 9.50 Å². The first kappa shape index (κ1) is 19.7. The van der Waals surface area contributed by atoms with E-state index in [1.54, 1.807) is 25.2 Å². The van der Waals surface area contributed by atoms with Crippen molar-refractivity contribution in [2.75, 3.05) is 25.5 Å². The highest BCUT2D eigenvalue weighted by atomic mass is 35.5. The molecule has 6 heteroatoms. The van der Waals surface area contributed by atoms with Gasteiger partial charge in [-0.3, -0.25) is 0 Å². The molecule has 0 radical (unpaired) electrons. The van der Waals surface area contributed by atoms with Crippen molar-refractivity contribution in [2.45, 2.75) is 12.1 Å². The van der Waals surface area contributed by atoms with Crippen LogP contribution in [0.5, 0.6) is 0 Å². The van der Waals surface area contributed by atoms with Crippen molar-refractivity contribution in [3.05, 3.63) is 64.9 Å². The number of aliphatic hydroxyl groups is 1. The van der Waals surface area contributed by atoms with Crippen molar-refractivity contribution in [3.8, 4) is 0 Å². The van der Waals surface area contributed by atoms with E-state index in [1.807, 2.05) is 30.1 Å². The number of likely N-dealkylation sites (N-methyl/N-ethyl adjacent to an activating group) is 2. The highest BCUT2D eigenvalue weighted by Crippen LogP contribution is 2.29. The lowest BCUT2D eigenvalue weighted by Crippen LogP contribution is -2.39. The zero-order valence-corrected chi connectivity index (χ0v) is 14.6. The fourth-order valence-corrected chi connectivity index (χ4v) is 2.68. The second-order valence-electron chi connectivity index (χ2n) is 5.21. The average molecular weight is 359 g/mol. The highest BCUT2D eigenvalue weighted by molar-refractivity contribution is 6.30. The van der Waals surface area contributed by atoms with Gasteiger partial charge in [-0.25, -0.2) is 4.39 Å². The van der Waals surface area contributed by atoms with E-state index in [-0.39, 0.29) is 24.3 Å². The van der Waals surface area contributed by atoms with Crippen LogP contribution in [0, 0.1) is 5.82 Å². The molecule has 0 aliphatic rings. The summed E-state index contributed by atoms with van der Waals surface area (Å²) in [4.78, 5) is 1.92. The summed E-state index contributed by atoms with van der Waals surface area (Å²) in [6.45, 7) is 0.402. The molecule has 2 atom stereocenters. The van der Waals surface area contributed by atoms with Crippen LogP contribution in [0.1, 0.15) is 11.6 Å². The smallest absolute Gasteiger partial charge is 0.123 e. The first-order chi connectivity index (χ1) is 10.5. The second-order valence-corrected chi connectivity index (χ2v) is 5.65. The van der Waals surface area contributed by atoms with Crippen LogP contribution < -0.4 is 10.2 Å². The van der Waals surface area contributed by atoms with Gasteiger partial charge in [-0.2, -0.15) is 0 Å². The van der Waals surface area contributed by atoms with Gasteiger partial charge in [0.15, 0.2) is 0 Å². The quantitative estimate of drug-likeness (QED) is 0.826. The molecule has 3 nitrogen and oxygen atoms in total. The molecule has 2 aromatic carbocycles. The molecule has 0 heterocycles. The number of rotatable bonds is 6. The van der Waals surface area contributed by atoms with Crippen molar-refractivity contribution in [2.24, 2.45) is 0 Å². The van der Waals surface area contributed by atoms with E-state index >= 15 is 0 Å². The van der Waals surface area contributed by atoms with Crippen LogP contribution in [0.3, 0.4) is 0 Å². The summed E-state index contributed by atoms with van der Waals surface area (Å²) in [6, 6.07) is 13.3. The summed E-state index contributed by atoms with van der Waals surface area (Å²) in [6.07, 6.45) is -0.688. The Hall–Kier alpha value is -1.33. The minimum Gasteiger partial charge on any atom is -0.389 e. The van der Waals surface area contributed by atoms with Crippen LogP contribution in [-0.4, -0.2) is 31.9 Å². The number of anilines is 1. The van der Waals surface area contributed by atoms with Crippen molar-refractivity contribution in [1.82, 2.24) is 5.32 Å². The normalized spacial score (nSPS) is 13.1. The maximum absolute atomic E-state index is 13.6. The number of nitrogens with zero attached hydrogens (tertiary/aromatic N) is 1. The van der Waals surface area contributed by atoms with Gasteiger partial charge in [-0.05, 0) is 49.0 Å². The third-order valence-corrected chi connectivity index (χ3v) is 3.87. The van der Waals surface area contributed by atoms with Gasteiger partial charge in [0.25, 0.3) is 0 Å². The van der Waals surface area contributed by atoms with Gasteiger partial charge in [0.1, 0.15) is 5.82 Å². The average Bonchev–Trinajstić information content (AvgIpc) is 2.48. The van der Waals surface area contributed by atoms with Gasteiger partial charge >= 0.3 is 0 Å². The maximum Gasteiger partial charge on any atom is 0.123 e. The summed E-state index contributed by atoms with van der Waals surface area (Å²) in [5, 5.41) is 14.1. The number of halogens is 3. The largest absolute Gasteiger partial charge is 0.389 e. The van der Waals surface area contributed by atoms with Gasteiger partial charge in [-0.1, -0.05) is 23.7 Å². The maximum atomic E-state index is 13.6. The lowest BCUT2D eigenvalue weighted by Gasteiger charge is -2.34. The minimum absolute atomic E-state index is 0. The third kappa shape index (κ3) is 5.08. The zero-order valence-electron chi connectivity index (χ0n) is 13.0. The van der Waals surface area contributed by atoms with Crippen LogP contribution in [0.25, 0.3) is 0 Å². The zero-order chi connectivity index (χ0) is 16.1. The number of hydrogen-bond acceptors (Lipinski definition) is 3. The van der Waals surface area contributed by atoms with Gasteiger partial charge < -0.3 is 15.3 Å². The van der Waals surface area contributed by atoms with Crippen LogP contribution in [0.15, 0.2) is 48.5 Å². The SMILES string of the molecule is CNCC(O)C(c1cccc(F)c1)N(C)c1ccc(Cl)cc1.Cl. The van der Waals surface area contributed by atoms with Gasteiger partial charge in [0.2, 0.25) is 0 Å². The molecule has 0 aromatic heterocycles. The van der Waals surface area contributed by atoms with Gasteiger partial charge in [0.05, 0.1) is 12.1 Å². The van der Waals surface area contributed by atoms with Crippen molar-refractivity contribution in [3.63, 3.8) is 0 Å². The van der Waals surface area contributed by atoms with Crippen molar-refractivity contribution >= 4 is 29.7 Å². The molecule has 0 aliphatic carbocycles. The molecule has 2 rings (SSSR count). The molecule has 23 heavy (non-hydrogen) atoms. The predicted octanol–water partition coefficient (Wildman–Crippen LogP) is 3.66. The third-order valence-electron chi connectivity index (χ3n) is 3.62. The van der Waals surface area contributed by atoms with Crippen LogP contribution in [0.2, 0.25) is 5.02 Å². The van der Waals surface area contributed by atoms with E-state index in [1.165, 1.54) is 12.1 Å². The Balaban J connectivity index is 0.00000264. The van der Waals surface area contributed by atoms with E-state index < -0.39 is 6.10 Å². The predicted molar refractivity (Wildman–Crippen MR) is 96.2 cm³/mol. The Morgan fingerprint density at radius 1 is 1.22 bits per heavy atom. The molecule has 0 saturated carbocycles. The van der Waals surface area contributed by atoms with Crippen molar-refractivity contribution < 1.29 is 9.50 Å². The Labute approximate surface area is 147 Å². The van der Waals surface area contributed by atoms with E-state index in [4.69, 9.17) is 11.6 Å². The van der Waals surface area contributed by atoms with Gasteiger partial charge in [0, 0.05) is 24.3 Å². The monoisotopic (exact) mass is 358 g/mol. The summed E-state index contributed by atoms with van der Waals surface area (Å²) in [5.41, 5.74) is 1.62. The topological polar surface area (TPSA) is 35.5 Å². The fourth-order valence-electron chi connectivity index (χ4n) is 2.55. The molecule has 2 N–H and O–H groups in total. The van der Waals surface area contributed by atoms with E-state index in [0.29, 0.717) is 11.6 Å². The number of hydrogen-bond donors (Lipinski definition) is 2. The summed E-state index contributed by atoms with van der Waals surface area (Å²) < 4.78 is 13.6. The molecule has 0 spiro atoms. The molecule has 0 saturated heterocycles. The van der Waals surface area contributed by atoms with E-state index in [0.717, 1.165) is 11.3 Å². The lowest BCUT2D eigenvalue weighted by atomic mass is 9.99. The number of aliphatic hydroxyl groups excluding tert-OH is 1. The first-order valence-electron chi connectivity index (χ1n) is 7.09. The minimum atomic E-state index is -0.688. The molecule has 2 unspecified atom stereocenters. The molecule has 0 amide bonds. The highest BCUT2D eigenvalue weighted by Gasteiger charge is 2.25. The molecular formula is C17H21Cl2FN2O. The second kappa shape index (κ2) is 9.08. The fraction of sp³-hybridized carbons (Fsp3) is 0.294. The lowest BCUT2D eigenvalue weighted by molar-refractivity contribution is 0.142. The molecule has 126 valence electrons. The molecule has 2 aromatic rings. The van der Waals surface area contributed by atoms with E-state index in [2.05, 4.69) is 5.32 Å². The Bertz CT molecular complexity index is 610. The summed E-state index contributed by atoms with van der Waals surface area (Å²) in [7, 11) is 3.64. The molecule has 0 bridgehead atoms. The van der Waals surface area contributed by atoms with Crippen LogP contribution in [0.4, 0.5) is 10.1 Å². The summed E-state index contributed by atoms with van der Waals surface area (Å²) >= 11 is 5.92. The van der Waals surface area contributed by atoms with Crippen LogP contribution in [-0.2, 0) is 0 Å².